The van der Waals surface area contributed by atoms with Gasteiger partial charge >= 0.3 is 0 Å². The van der Waals surface area contributed by atoms with Crippen LogP contribution in [0.4, 0.5) is 0 Å². The van der Waals surface area contributed by atoms with Crippen molar-refractivity contribution in [2.45, 2.75) is 44.2 Å². The third-order valence-corrected chi connectivity index (χ3v) is 5.01. The van der Waals surface area contributed by atoms with Gasteiger partial charge in [0, 0.05) is 11.1 Å². The van der Waals surface area contributed by atoms with Crippen molar-refractivity contribution < 1.29 is 9.90 Å². The van der Waals surface area contributed by atoms with E-state index in [1.165, 1.54) is 0 Å². The largest absolute Gasteiger partial charge is 0.393 e. The smallest absolute Gasteiger partial charge is 0.248 e. The van der Waals surface area contributed by atoms with Crippen LogP contribution in [-0.2, 0) is 0 Å². The van der Waals surface area contributed by atoms with Crippen molar-refractivity contribution in [3.8, 4) is 11.8 Å². The zero-order valence-corrected chi connectivity index (χ0v) is 13.5. The second-order valence-corrected chi connectivity index (χ2v) is 7.04. The topological polar surface area (TPSA) is 75.3 Å². The SMILES string of the molecule is C[C@@H]1C[C@H](CNC2(C#Cc3cccc(C(N)=O)c3)CC2)C[C@H]1O. The molecule has 23 heavy (non-hydrogen) atoms. The molecule has 0 aliphatic heterocycles. The Kier molecular flexibility index (Phi) is 4.43. The fourth-order valence-electron chi connectivity index (χ4n) is 3.27. The lowest BCUT2D eigenvalue weighted by atomic mass is 10.1. The van der Waals surface area contributed by atoms with Crippen molar-refractivity contribution in [1.29, 1.82) is 0 Å². The lowest BCUT2D eigenvalue weighted by molar-refractivity contribution is 0.1000. The summed E-state index contributed by atoms with van der Waals surface area (Å²) in [5, 5.41) is 13.4. The van der Waals surface area contributed by atoms with E-state index < -0.39 is 5.91 Å². The molecule has 0 aromatic heterocycles. The molecule has 0 spiro atoms. The highest BCUT2D eigenvalue weighted by Crippen LogP contribution is 2.36. The highest BCUT2D eigenvalue weighted by atomic mass is 16.3. The molecule has 3 rings (SSSR count). The van der Waals surface area contributed by atoms with Gasteiger partial charge in [-0.25, -0.2) is 0 Å². The van der Waals surface area contributed by atoms with Crippen molar-refractivity contribution in [1.82, 2.24) is 5.32 Å². The van der Waals surface area contributed by atoms with E-state index in [-0.39, 0.29) is 11.6 Å². The van der Waals surface area contributed by atoms with Crippen LogP contribution < -0.4 is 11.1 Å². The quantitative estimate of drug-likeness (QED) is 0.740. The van der Waals surface area contributed by atoms with Crippen molar-refractivity contribution in [3.05, 3.63) is 35.4 Å². The summed E-state index contributed by atoms with van der Waals surface area (Å²) in [7, 11) is 0. The standard InChI is InChI=1S/C19H24N2O2/c1-13-9-15(11-17(13)22)12-21-19(7-8-19)6-5-14-3-2-4-16(10-14)18(20)23/h2-4,10,13,15,17,21-22H,7-9,11-12H2,1H3,(H2,20,23)/t13-,15+,17-/m1/s1. The first-order chi connectivity index (χ1) is 11.0. The Hall–Kier alpha value is -1.83. The molecule has 0 saturated heterocycles. The molecule has 3 atom stereocenters. The third kappa shape index (κ3) is 3.93. The van der Waals surface area contributed by atoms with Gasteiger partial charge in [-0.15, -0.1) is 0 Å². The highest BCUT2D eigenvalue weighted by Gasteiger charge is 2.42. The number of carbonyl (C=O) groups is 1. The van der Waals surface area contributed by atoms with Gasteiger partial charge in [0.2, 0.25) is 5.91 Å². The zero-order valence-electron chi connectivity index (χ0n) is 13.5. The average Bonchev–Trinajstić information content (AvgIpc) is 3.24. The minimum Gasteiger partial charge on any atom is -0.393 e. The first-order valence-electron chi connectivity index (χ1n) is 8.33. The second kappa shape index (κ2) is 6.35. The van der Waals surface area contributed by atoms with E-state index in [0.717, 1.165) is 37.8 Å². The normalized spacial score (nSPS) is 28.0. The molecule has 2 saturated carbocycles. The molecule has 4 N–H and O–H groups in total. The zero-order chi connectivity index (χ0) is 16.4. The van der Waals surface area contributed by atoms with Crippen LogP contribution in [0.15, 0.2) is 24.3 Å². The van der Waals surface area contributed by atoms with Crippen LogP contribution in [0.5, 0.6) is 0 Å². The first kappa shape index (κ1) is 16.0. The summed E-state index contributed by atoms with van der Waals surface area (Å²) in [4.78, 5) is 11.2. The molecule has 1 aromatic rings. The number of aliphatic hydroxyl groups excluding tert-OH is 1. The van der Waals surface area contributed by atoms with E-state index in [2.05, 4.69) is 24.1 Å². The van der Waals surface area contributed by atoms with Gasteiger partial charge in [0.25, 0.3) is 0 Å². The molecular weight excluding hydrogens is 288 g/mol. The van der Waals surface area contributed by atoms with Crippen molar-refractivity contribution >= 4 is 5.91 Å². The van der Waals surface area contributed by atoms with Gasteiger partial charge in [0.15, 0.2) is 0 Å². The monoisotopic (exact) mass is 312 g/mol. The van der Waals surface area contributed by atoms with E-state index in [1.54, 1.807) is 18.2 Å². The Balaban J connectivity index is 1.60. The number of amides is 1. The molecule has 2 aliphatic carbocycles. The number of primary amides is 1. The summed E-state index contributed by atoms with van der Waals surface area (Å²) in [5.74, 6) is 7.00. The van der Waals surface area contributed by atoms with Gasteiger partial charge in [0.1, 0.15) is 0 Å². The number of rotatable bonds is 4. The molecule has 1 aromatic carbocycles. The maximum Gasteiger partial charge on any atom is 0.248 e. The maximum atomic E-state index is 11.2. The lowest BCUT2D eigenvalue weighted by Crippen LogP contribution is -2.33. The van der Waals surface area contributed by atoms with Gasteiger partial charge in [-0.1, -0.05) is 24.8 Å². The Morgan fingerprint density at radius 2 is 2.22 bits per heavy atom. The Labute approximate surface area is 137 Å². The van der Waals surface area contributed by atoms with Crippen molar-refractivity contribution in [2.75, 3.05) is 6.54 Å². The molecule has 122 valence electrons. The van der Waals surface area contributed by atoms with Crippen LogP contribution in [0.2, 0.25) is 0 Å². The predicted octanol–water partition coefficient (Wildman–Crippen LogP) is 1.67. The number of nitrogens with one attached hydrogen (secondary N) is 1. The number of nitrogens with two attached hydrogens (primary N) is 1. The van der Waals surface area contributed by atoms with E-state index in [1.807, 2.05) is 6.07 Å². The van der Waals surface area contributed by atoms with Crippen LogP contribution in [-0.4, -0.2) is 29.2 Å². The summed E-state index contributed by atoms with van der Waals surface area (Å²) in [6.45, 7) is 3.03. The summed E-state index contributed by atoms with van der Waals surface area (Å²) in [6.07, 6.45) is 3.93. The number of benzene rings is 1. The summed E-state index contributed by atoms with van der Waals surface area (Å²) >= 11 is 0. The van der Waals surface area contributed by atoms with Crippen LogP contribution in [0.25, 0.3) is 0 Å². The predicted molar refractivity (Wildman–Crippen MR) is 89.7 cm³/mol. The van der Waals surface area contributed by atoms with Crippen molar-refractivity contribution in [2.24, 2.45) is 17.6 Å². The van der Waals surface area contributed by atoms with Crippen molar-refractivity contribution in [3.63, 3.8) is 0 Å². The molecule has 0 heterocycles. The van der Waals surface area contributed by atoms with Crippen LogP contribution in [0.3, 0.4) is 0 Å². The molecule has 2 fully saturated rings. The highest BCUT2D eigenvalue weighted by molar-refractivity contribution is 5.93. The molecule has 1 amide bonds. The summed E-state index contributed by atoms with van der Waals surface area (Å²) < 4.78 is 0. The van der Waals surface area contributed by atoms with Crippen LogP contribution in [0, 0.1) is 23.7 Å². The first-order valence-corrected chi connectivity index (χ1v) is 8.33. The summed E-state index contributed by atoms with van der Waals surface area (Å²) in [6, 6.07) is 7.13. The number of hydrogen-bond donors (Lipinski definition) is 3. The van der Waals surface area contributed by atoms with Crippen LogP contribution in [0.1, 0.15) is 48.5 Å². The molecule has 0 bridgehead atoms. The van der Waals surface area contributed by atoms with Crippen LogP contribution >= 0.6 is 0 Å². The van der Waals surface area contributed by atoms with E-state index >= 15 is 0 Å². The fourth-order valence-corrected chi connectivity index (χ4v) is 3.27. The fraction of sp³-hybridized carbons (Fsp3) is 0.526. The number of aliphatic hydroxyl groups is 1. The lowest BCUT2D eigenvalue weighted by Gasteiger charge is -2.15. The van der Waals surface area contributed by atoms with E-state index in [4.69, 9.17) is 5.73 Å². The molecule has 4 nitrogen and oxygen atoms in total. The minimum absolute atomic E-state index is 0.0838. The Morgan fingerprint density at radius 1 is 1.43 bits per heavy atom. The average molecular weight is 312 g/mol. The molecule has 0 unspecified atom stereocenters. The molecule has 4 heteroatoms. The van der Waals surface area contributed by atoms with E-state index in [9.17, 15) is 9.90 Å². The summed E-state index contributed by atoms with van der Waals surface area (Å²) in [5.41, 5.74) is 6.52. The molecule has 2 aliphatic rings. The number of carbonyl (C=O) groups excluding carboxylic acids is 1. The Morgan fingerprint density at radius 3 is 2.83 bits per heavy atom. The van der Waals surface area contributed by atoms with Gasteiger partial charge in [-0.3, -0.25) is 4.79 Å². The van der Waals surface area contributed by atoms with E-state index in [0.29, 0.717) is 17.4 Å². The number of hydrogen-bond acceptors (Lipinski definition) is 3. The molecular formula is C19H24N2O2. The van der Waals surface area contributed by atoms with Gasteiger partial charge in [-0.05, 0) is 62.3 Å². The van der Waals surface area contributed by atoms with Gasteiger partial charge < -0.3 is 16.2 Å². The Bertz CT molecular complexity index is 645. The third-order valence-electron chi connectivity index (χ3n) is 5.01. The second-order valence-electron chi connectivity index (χ2n) is 7.04. The van der Waals surface area contributed by atoms with Gasteiger partial charge in [-0.2, -0.15) is 0 Å². The molecule has 0 radical (unpaired) electrons. The van der Waals surface area contributed by atoms with Gasteiger partial charge in [0.05, 0.1) is 11.6 Å². The maximum absolute atomic E-state index is 11.2. The minimum atomic E-state index is -0.429.